The second-order valence-corrected chi connectivity index (χ2v) is 4.84. The summed E-state index contributed by atoms with van der Waals surface area (Å²) in [6, 6.07) is -0.437. The first kappa shape index (κ1) is 15.0. The fraction of sp³-hybridized carbons (Fsp3) is 0.583. The summed E-state index contributed by atoms with van der Waals surface area (Å²) in [5.41, 5.74) is 1.09. The number of nitrogens with zero attached hydrogens (tertiary/aromatic N) is 1. The maximum atomic E-state index is 11.7. The number of hydrogen-bond donors (Lipinski definition) is 4. The van der Waals surface area contributed by atoms with Crippen molar-refractivity contribution in [2.45, 2.75) is 34.1 Å². The zero-order chi connectivity index (χ0) is 14.6. The van der Waals surface area contributed by atoms with Gasteiger partial charge in [-0.2, -0.15) is 5.10 Å². The molecule has 0 saturated heterocycles. The third kappa shape index (κ3) is 3.46. The maximum Gasteiger partial charge on any atom is 0.319 e. The van der Waals surface area contributed by atoms with Crippen LogP contribution in [-0.4, -0.2) is 33.8 Å². The van der Waals surface area contributed by atoms with E-state index in [-0.39, 0.29) is 6.54 Å². The molecular formula is C12H20N4O3. The average Bonchev–Trinajstić information content (AvgIpc) is 2.67. The van der Waals surface area contributed by atoms with Gasteiger partial charge < -0.3 is 15.7 Å². The molecule has 0 radical (unpaired) electrons. The van der Waals surface area contributed by atoms with Crippen molar-refractivity contribution in [1.29, 1.82) is 0 Å². The zero-order valence-electron chi connectivity index (χ0n) is 11.6. The van der Waals surface area contributed by atoms with E-state index in [9.17, 15) is 9.59 Å². The van der Waals surface area contributed by atoms with E-state index in [4.69, 9.17) is 5.11 Å². The van der Waals surface area contributed by atoms with Gasteiger partial charge in [0.2, 0.25) is 0 Å². The molecule has 0 aliphatic heterocycles. The van der Waals surface area contributed by atoms with Gasteiger partial charge in [-0.05, 0) is 27.2 Å². The predicted octanol–water partition coefficient (Wildman–Crippen LogP) is 1.65. The molecule has 1 heterocycles. The minimum Gasteiger partial charge on any atom is -0.481 e. The van der Waals surface area contributed by atoms with Gasteiger partial charge in [0.1, 0.15) is 0 Å². The molecule has 7 heteroatoms. The number of aromatic nitrogens is 2. The van der Waals surface area contributed by atoms with Gasteiger partial charge in [-0.3, -0.25) is 9.89 Å². The quantitative estimate of drug-likeness (QED) is 0.651. The van der Waals surface area contributed by atoms with Crippen LogP contribution >= 0.6 is 0 Å². The molecule has 106 valence electrons. The van der Waals surface area contributed by atoms with Crippen molar-refractivity contribution in [3.8, 4) is 0 Å². The fourth-order valence-corrected chi connectivity index (χ4v) is 1.52. The van der Waals surface area contributed by atoms with Gasteiger partial charge in [0.15, 0.2) is 0 Å². The van der Waals surface area contributed by atoms with Crippen LogP contribution in [0.15, 0.2) is 0 Å². The molecule has 1 aromatic heterocycles. The van der Waals surface area contributed by atoms with Crippen LogP contribution < -0.4 is 10.6 Å². The molecule has 0 bridgehead atoms. The number of amides is 2. The van der Waals surface area contributed by atoms with Crippen LogP contribution in [0.1, 0.15) is 31.7 Å². The Bertz CT molecular complexity index is 464. The number of aryl methyl sites for hydroxylation is 2. The lowest BCUT2D eigenvalue weighted by Gasteiger charge is -2.23. The third-order valence-corrected chi connectivity index (χ3v) is 3.30. The second kappa shape index (κ2) is 5.73. The SMILES string of the molecule is CCC(C)(CNC(=O)Nc1c(C)n[nH]c1C)C(=O)O. The Morgan fingerprint density at radius 2 is 2.05 bits per heavy atom. The first-order chi connectivity index (χ1) is 8.80. The van der Waals surface area contributed by atoms with Crippen LogP contribution in [0, 0.1) is 19.3 Å². The van der Waals surface area contributed by atoms with E-state index in [1.807, 2.05) is 0 Å². The molecule has 0 fully saturated rings. The molecule has 1 atom stereocenters. The van der Waals surface area contributed by atoms with Crippen molar-refractivity contribution in [3.05, 3.63) is 11.4 Å². The Morgan fingerprint density at radius 1 is 1.42 bits per heavy atom. The van der Waals surface area contributed by atoms with E-state index >= 15 is 0 Å². The number of hydrogen-bond acceptors (Lipinski definition) is 3. The Balaban J connectivity index is 2.60. The van der Waals surface area contributed by atoms with Crippen molar-refractivity contribution in [1.82, 2.24) is 15.5 Å². The summed E-state index contributed by atoms with van der Waals surface area (Å²) in [4.78, 5) is 22.8. The summed E-state index contributed by atoms with van der Waals surface area (Å²) < 4.78 is 0. The van der Waals surface area contributed by atoms with Gasteiger partial charge in [-0.25, -0.2) is 4.79 Å². The average molecular weight is 268 g/mol. The van der Waals surface area contributed by atoms with Gasteiger partial charge in [-0.15, -0.1) is 0 Å². The number of carbonyl (C=O) groups is 2. The summed E-state index contributed by atoms with van der Waals surface area (Å²) in [5, 5.41) is 21.1. The van der Waals surface area contributed by atoms with Crippen molar-refractivity contribution < 1.29 is 14.7 Å². The summed E-state index contributed by atoms with van der Waals surface area (Å²) in [7, 11) is 0. The minimum absolute atomic E-state index is 0.0701. The molecule has 0 saturated carbocycles. The monoisotopic (exact) mass is 268 g/mol. The zero-order valence-corrected chi connectivity index (χ0v) is 11.6. The lowest BCUT2D eigenvalue weighted by Crippen LogP contribution is -2.42. The molecule has 1 rings (SSSR count). The van der Waals surface area contributed by atoms with Crippen molar-refractivity contribution >= 4 is 17.7 Å². The summed E-state index contributed by atoms with van der Waals surface area (Å²) in [5.74, 6) is -0.925. The third-order valence-electron chi connectivity index (χ3n) is 3.30. The van der Waals surface area contributed by atoms with Crippen LogP contribution in [0.2, 0.25) is 0 Å². The number of nitrogens with one attached hydrogen (secondary N) is 3. The highest BCUT2D eigenvalue weighted by molar-refractivity contribution is 5.90. The first-order valence-electron chi connectivity index (χ1n) is 6.10. The summed E-state index contributed by atoms with van der Waals surface area (Å²) in [6.07, 6.45) is 0.437. The maximum absolute atomic E-state index is 11.7. The predicted molar refractivity (Wildman–Crippen MR) is 71.1 cm³/mol. The number of carbonyl (C=O) groups excluding carboxylic acids is 1. The van der Waals surface area contributed by atoms with Gasteiger partial charge in [-0.1, -0.05) is 6.92 Å². The molecule has 0 spiro atoms. The molecule has 4 N–H and O–H groups in total. The lowest BCUT2D eigenvalue weighted by molar-refractivity contribution is -0.147. The van der Waals surface area contributed by atoms with Crippen LogP contribution in [0.5, 0.6) is 0 Å². The van der Waals surface area contributed by atoms with E-state index < -0.39 is 17.4 Å². The largest absolute Gasteiger partial charge is 0.481 e. The standard InChI is InChI=1S/C12H20N4O3/c1-5-12(4,10(17)18)6-13-11(19)14-9-7(2)15-16-8(9)3/h5-6H2,1-4H3,(H,15,16)(H,17,18)(H2,13,14,19). The molecule has 19 heavy (non-hydrogen) atoms. The minimum atomic E-state index is -0.960. The van der Waals surface area contributed by atoms with Gasteiger partial charge >= 0.3 is 12.0 Å². The Labute approximate surface area is 111 Å². The highest BCUT2D eigenvalue weighted by atomic mass is 16.4. The number of aliphatic carboxylic acids is 1. The molecule has 2 amide bonds. The lowest BCUT2D eigenvalue weighted by atomic mass is 9.88. The van der Waals surface area contributed by atoms with Crippen molar-refractivity contribution in [3.63, 3.8) is 0 Å². The van der Waals surface area contributed by atoms with E-state index in [0.29, 0.717) is 17.8 Å². The van der Waals surface area contributed by atoms with Crippen molar-refractivity contribution in [2.75, 3.05) is 11.9 Å². The normalized spacial score (nSPS) is 13.7. The topological polar surface area (TPSA) is 107 Å². The molecule has 1 unspecified atom stereocenters. The van der Waals surface area contributed by atoms with Crippen molar-refractivity contribution in [2.24, 2.45) is 5.41 Å². The molecule has 0 aliphatic rings. The molecular weight excluding hydrogens is 248 g/mol. The fourth-order valence-electron chi connectivity index (χ4n) is 1.52. The van der Waals surface area contributed by atoms with E-state index in [0.717, 1.165) is 5.69 Å². The Morgan fingerprint density at radius 3 is 2.47 bits per heavy atom. The van der Waals surface area contributed by atoms with Crippen LogP contribution in [0.3, 0.4) is 0 Å². The second-order valence-electron chi connectivity index (χ2n) is 4.84. The van der Waals surface area contributed by atoms with Crippen LogP contribution in [0.25, 0.3) is 0 Å². The Kier molecular flexibility index (Phi) is 4.52. The number of carboxylic acid groups (broad SMARTS) is 1. The molecule has 1 aromatic rings. The van der Waals surface area contributed by atoms with E-state index in [1.165, 1.54) is 0 Å². The van der Waals surface area contributed by atoms with Crippen LogP contribution in [-0.2, 0) is 4.79 Å². The van der Waals surface area contributed by atoms with E-state index in [1.54, 1.807) is 27.7 Å². The highest BCUT2D eigenvalue weighted by Crippen LogP contribution is 2.20. The number of aromatic amines is 1. The smallest absolute Gasteiger partial charge is 0.319 e. The molecule has 0 aromatic carbocycles. The van der Waals surface area contributed by atoms with Gasteiger partial charge in [0.25, 0.3) is 0 Å². The van der Waals surface area contributed by atoms with Gasteiger partial charge in [0.05, 0.1) is 22.5 Å². The van der Waals surface area contributed by atoms with Gasteiger partial charge in [0, 0.05) is 6.54 Å². The summed E-state index contributed by atoms with van der Waals surface area (Å²) in [6.45, 7) is 7.01. The Hall–Kier alpha value is -2.05. The van der Waals surface area contributed by atoms with E-state index in [2.05, 4.69) is 20.8 Å². The summed E-state index contributed by atoms with van der Waals surface area (Å²) >= 11 is 0. The molecule has 7 nitrogen and oxygen atoms in total. The number of anilines is 1. The molecule has 0 aliphatic carbocycles. The number of rotatable bonds is 5. The first-order valence-corrected chi connectivity index (χ1v) is 6.10. The highest BCUT2D eigenvalue weighted by Gasteiger charge is 2.31. The van der Waals surface area contributed by atoms with Crippen LogP contribution in [0.4, 0.5) is 10.5 Å². The number of carboxylic acids is 1. The number of H-pyrrole nitrogens is 1. The number of urea groups is 1.